The van der Waals surface area contributed by atoms with Gasteiger partial charge in [0.2, 0.25) is 0 Å². The van der Waals surface area contributed by atoms with Gasteiger partial charge in [0, 0.05) is 55.6 Å². The molecular weight excluding hydrogens is 593 g/mol. The quantitative estimate of drug-likeness (QED) is 0.236. The topological polar surface area (TPSA) is 50.7 Å². The van der Waals surface area contributed by atoms with Crippen molar-refractivity contribution in [3.05, 3.63) is 71.4 Å². The van der Waals surface area contributed by atoms with Gasteiger partial charge in [-0.25, -0.2) is 18.2 Å². The highest BCUT2D eigenvalue weighted by atomic mass is 28.4. The molecule has 5 rings (SSSR count). The second-order valence-corrected chi connectivity index (χ2v) is 19.0. The smallest absolute Gasteiger partial charge is 0.192 e. The highest BCUT2D eigenvalue weighted by Crippen LogP contribution is 2.41. The number of pyridine rings is 2. The molecule has 2 aliphatic rings. The van der Waals surface area contributed by atoms with Crippen molar-refractivity contribution >= 4 is 19.7 Å². The average molecular weight is 641 g/mol. The van der Waals surface area contributed by atoms with Gasteiger partial charge in [-0.15, -0.1) is 0 Å². The molecule has 45 heavy (non-hydrogen) atoms. The predicted molar refractivity (Wildman–Crippen MR) is 177 cm³/mol. The number of nitrogens with zero attached hydrogens (tertiary/aromatic N) is 4. The van der Waals surface area contributed by atoms with Gasteiger partial charge in [0.1, 0.15) is 23.1 Å². The Hall–Kier alpha value is -2.95. The Bertz CT molecular complexity index is 1460. The van der Waals surface area contributed by atoms with E-state index in [-0.39, 0.29) is 16.8 Å². The maximum absolute atomic E-state index is 15.3. The first-order valence-corrected chi connectivity index (χ1v) is 19.0. The second kappa shape index (κ2) is 13.4. The molecule has 1 aromatic carbocycles. The van der Waals surface area contributed by atoms with Crippen LogP contribution in [-0.4, -0.2) is 63.8 Å². The third kappa shape index (κ3) is 7.39. The minimum Gasteiger partial charge on any atom is -0.413 e. The lowest BCUT2D eigenvalue weighted by atomic mass is 9.87. The molecule has 0 aliphatic carbocycles. The van der Waals surface area contributed by atoms with Crippen LogP contribution < -0.4 is 9.80 Å². The number of halogens is 3. The van der Waals surface area contributed by atoms with E-state index in [1.54, 1.807) is 6.07 Å². The Morgan fingerprint density at radius 2 is 1.56 bits per heavy atom. The van der Waals surface area contributed by atoms with Crippen molar-refractivity contribution < 1.29 is 22.3 Å². The minimum absolute atomic E-state index is 0.153. The molecule has 2 aliphatic heterocycles. The maximum Gasteiger partial charge on any atom is 0.192 e. The van der Waals surface area contributed by atoms with E-state index in [1.807, 2.05) is 23.4 Å². The first-order valence-electron chi connectivity index (χ1n) is 16.1. The van der Waals surface area contributed by atoms with Crippen LogP contribution in [0.5, 0.6) is 0 Å². The Morgan fingerprint density at radius 1 is 0.911 bits per heavy atom. The standard InChI is InChI=1S/C35H47F3N4O2Si/c1-23-21-42(22-24(2)34(23)44-45(6,7)35(3,4)5)31-12-13-39-20-25(31)8-9-26-10-11-28(36)33(40-26)32-29(37)18-27(19-30(32)38)41-14-16-43-17-15-41/h10-13,18-20,23-24,34H,8-9,14-17,21-22H2,1-7H3/t23-,24+,34?. The van der Waals surface area contributed by atoms with Gasteiger partial charge >= 0.3 is 0 Å². The monoisotopic (exact) mass is 640 g/mol. The molecule has 2 aromatic heterocycles. The summed E-state index contributed by atoms with van der Waals surface area (Å²) in [4.78, 5) is 13.1. The largest absolute Gasteiger partial charge is 0.413 e. The molecule has 6 nitrogen and oxygen atoms in total. The molecule has 3 aromatic rings. The van der Waals surface area contributed by atoms with E-state index in [4.69, 9.17) is 9.16 Å². The van der Waals surface area contributed by atoms with Crippen LogP contribution in [0.3, 0.4) is 0 Å². The minimum atomic E-state index is -1.91. The number of hydrogen-bond donors (Lipinski definition) is 0. The van der Waals surface area contributed by atoms with Crippen LogP contribution in [-0.2, 0) is 22.0 Å². The third-order valence-electron chi connectivity index (χ3n) is 9.79. The number of hydrogen-bond acceptors (Lipinski definition) is 6. The number of anilines is 2. The normalized spacial score (nSPS) is 21.3. The van der Waals surface area contributed by atoms with Crippen LogP contribution in [0.1, 0.15) is 45.9 Å². The SMILES string of the molecule is C[C@@H]1CN(c2ccncc2CCc2ccc(F)c(-c3c(F)cc(N4CCOCC4)cc3F)n2)C[C@H](C)C1O[Si](C)(C)C(C)(C)C. The Labute approximate surface area is 267 Å². The molecule has 0 N–H and O–H groups in total. The van der Waals surface area contributed by atoms with E-state index >= 15 is 8.78 Å². The fourth-order valence-corrected chi connectivity index (χ4v) is 7.75. The van der Waals surface area contributed by atoms with Gasteiger partial charge < -0.3 is 19.0 Å². The fraction of sp³-hybridized carbons (Fsp3) is 0.543. The van der Waals surface area contributed by atoms with Crippen molar-refractivity contribution in [1.82, 2.24) is 9.97 Å². The van der Waals surface area contributed by atoms with Gasteiger partial charge in [0.05, 0.1) is 24.9 Å². The van der Waals surface area contributed by atoms with E-state index < -0.39 is 31.3 Å². The summed E-state index contributed by atoms with van der Waals surface area (Å²) in [5.74, 6) is -1.73. The van der Waals surface area contributed by atoms with Crippen molar-refractivity contribution in [1.29, 1.82) is 0 Å². The van der Waals surface area contributed by atoms with Crippen LogP contribution >= 0.6 is 0 Å². The molecule has 2 fully saturated rings. The molecule has 10 heteroatoms. The van der Waals surface area contributed by atoms with Gasteiger partial charge in [0.15, 0.2) is 8.32 Å². The molecule has 244 valence electrons. The summed E-state index contributed by atoms with van der Waals surface area (Å²) >= 11 is 0. The molecule has 0 saturated carbocycles. The number of piperidine rings is 1. The molecule has 0 amide bonds. The van der Waals surface area contributed by atoms with E-state index in [0.717, 1.165) is 24.3 Å². The molecule has 3 atom stereocenters. The van der Waals surface area contributed by atoms with E-state index in [1.165, 1.54) is 18.2 Å². The average Bonchev–Trinajstić information content (AvgIpc) is 2.98. The van der Waals surface area contributed by atoms with Gasteiger partial charge in [-0.3, -0.25) is 4.98 Å². The van der Waals surface area contributed by atoms with Crippen LogP contribution in [0.2, 0.25) is 18.1 Å². The van der Waals surface area contributed by atoms with Crippen molar-refractivity contribution in [2.24, 2.45) is 11.8 Å². The number of rotatable bonds is 8. The molecular formula is C35H47F3N4O2Si. The zero-order chi connectivity index (χ0) is 32.5. The first kappa shape index (κ1) is 33.4. The molecule has 0 spiro atoms. The van der Waals surface area contributed by atoms with Gasteiger partial charge in [-0.1, -0.05) is 34.6 Å². The summed E-state index contributed by atoms with van der Waals surface area (Å²) in [7, 11) is -1.91. The number of ether oxygens (including phenoxy) is 1. The summed E-state index contributed by atoms with van der Waals surface area (Å²) in [5.41, 5.74) is 2.39. The number of aryl methyl sites for hydroxylation is 2. The van der Waals surface area contributed by atoms with Crippen molar-refractivity contribution in [2.75, 3.05) is 49.2 Å². The summed E-state index contributed by atoms with van der Waals surface area (Å²) in [6, 6.07) is 7.38. The van der Waals surface area contributed by atoms with Gasteiger partial charge in [0.25, 0.3) is 0 Å². The first-order chi connectivity index (χ1) is 21.2. The second-order valence-electron chi connectivity index (χ2n) is 14.2. The highest BCUT2D eigenvalue weighted by molar-refractivity contribution is 6.74. The highest BCUT2D eigenvalue weighted by Gasteiger charge is 2.43. The maximum atomic E-state index is 15.3. The Balaban J connectivity index is 1.31. The fourth-order valence-electron chi connectivity index (χ4n) is 6.26. The summed E-state index contributed by atoms with van der Waals surface area (Å²) in [5, 5.41) is 0.153. The third-order valence-corrected chi connectivity index (χ3v) is 14.3. The van der Waals surface area contributed by atoms with Gasteiger partial charge in [-0.2, -0.15) is 0 Å². The van der Waals surface area contributed by atoms with Crippen molar-refractivity contribution in [3.8, 4) is 11.3 Å². The van der Waals surface area contributed by atoms with E-state index in [9.17, 15) is 4.39 Å². The van der Waals surface area contributed by atoms with Crippen LogP contribution in [0.25, 0.3) is 11.3 Å². The number of morpholine rings is 1. The van der Waals surface area contributed by atoms with E-state index in [2.05, 4.69) is 62.6 Å². The zero-order valence-electron chi connectivity index (χ0n) is 27.7. The number of benzene rings is 1. The number of aromatic nitrogens is 2. The summed E-state index contributed by atoms with van der Waals surface area (Å²) in [6.07, 6.45) is 4.96. The van der Waals surface area contributed by atoms with Crippen LogP contribution in [0, 0.1) is 29.3 Å². The van der Waals surface area contributed by atoms with Crippen molar-refractivity contribution in [2.45, 2.75) is 71.7 Å². The molecule has 0 bridgehead atoms. The molecule has 2 saturated heterocycles. The Morgan fingerprint density at radius 3 is 2.18 bits per heavy atom. The van der Waals surface area contributed by atoms with Gasteiger partial charge in [-0.05, 0) is 78.7 Å². The van der Waals surface area contributed by atoms with Crippen LogP contribution in [0.15, 0.2) is 42.7 Å². The Kier molecular flexibility index (Phi) is 9.96. The molecule has 0 radical (unpaired) electrons. The zero-order valence-corrected chi connectivity index (χ0v) is 28.7. The lowest BCUT2D eigenvalue weighted by molar-refractivity contribution is 0.0627. The van der Waals surface area contributed by atoms with Crippen LogP contribution in [0.4, 0.5) is 24.5 Å². The molecule has 1 unspecified atom stereocenters. The van der Waals surface area contributed by atoms with Crippen molar-refractivity contribution in [3.63, 3.8) is 0 Å². The lowest BCUT2D eigenvalue weighted by Crippen LogP contribution is -2.54. The molecule has 4 heterocycles. The summed E-state index contributed by atoms with van der Waals surface area (Å²) in [6.45, 7) is 19.8. The lowest BCUT2D eigenvalue weighted by Gasteiger charge is -2.48. The summed E-state index contributed by atoms with van der Waals surface area (Å²) < 4.78 is 57.8. The predicted octanol–water partition coefficient (Wildman–Crippen LogP) is 7.67. The van der Waals surface area contributed by atoms with E-state index in [0.29, 0.717) is 62.4 Å².